The first-order chi connectivity index (χ1) is 9.10. The van der Waals surface area contributed by atoms with Gasteiger partial charge in [0.2, 0.25) is 0 Å². The van der Waals surface area contributed by atoms with Crippen LogP contribution < -0.4 is 10.5 Å². The topological polar surface area (TPSA) is 90.4 Å². The third-order valence-electron chi connectivity index (χ3n) is 2.55. The summed E-state index contributed by atoms with van der Waals surface area (Å²) in [7, 11) is 0. The maximum atomic E-state index is 10.9. The molecule has 0 bridgehead atoms. The Morgan fingerprint density at radius 2 is 2.32 bits per heavy atom. The number of hydrogen-bond acceptors (Lipinski definition) is 4. The number of carbonyl (C=O) groups is 1. The molecule has 3 N–H and O–H groups in total. The van der Waals surface area contributed by atoms with Crippen LogP contribution in [0.15, 0.2) is 30.6 Å². The van der Waals surface area contributed by atoms with E-state index < -0.39 is 5.97 Å². The molecule has 0 radical (unpaired) electrons. The highest BCUT2D eigenvalue weighted by Gasteiger charge is 2.09. The average Bonchev–Trinajstić information content (AvgIpc) is 2.80. The van der Waals surface area contributed by atoms with Gasteiger partial charge in [-0.05, 0) is 24.6 Å². The first-order valence-corrected chi connectivity index (χ1v) is 5.93. The molecule has 1 aromatic carbocycles. The summed E-state index contributed by atoms with van der Waals surface area (Å²) in [5, 5.41) is 13.1. The van der Waals surface area contributed by atoms with Gasteiger partial charge < -0.3 is 15.6 Å². The molecule has 1 aromatic heterocycles. The Hall–Kier alpha value is -2.50. The molecule has 100 valence electrons. The van der Waals surface area contributed by atoms with Crippen LogP contribution in [0.25, 0.3) is 0 Å². The Kier molecular flexibility index (Phi) is 3.70. The average molecular weight is 261 g/mol. The van der Waals surface area contributed by atoms with E-state index in [1.165, 1.54) is 18.2 Å². The molecule has 0 atom stereocenters. The second kappa shape index (κ2) is 5.43. The smallest absolute Gasteiger partial charge is 0.335 e. The molecule has 2 aromatic rings. The van der Waals surface area contributed by atoms with Crippen LogP contribution in [-0.4, -0.2) is 20.9 Å². The van der Waals surface area contributed by atoms with Crippen LogP contribution in [0.3, 0.4) is 0 Å². The molecule has 6 heteroatoms. The Balaban J connectivity index is 2.21. The van der Waals surface area contributed by atoms with Crippen molar-refractivity contribution in [2.75, 3.05) is 5.73 Å². The van der Waals surface area contributed by atoms with Gasteiger partial charge in [-0.3, -0.25) is 4.68 Å². The normalized spacial score (nSPS) is 10.4. The van der Waals surface area contributed by atoms with Crippen molar-refractivity contribution in [3.05, 3.63) is 36.2 Å². The lowest BCUT2D eigenvalue weighted by atomic mass is 10.2. The Morgan fingerprint density at radius 3 is 3.00 bits per heavy atom. The molecule has 2 rings (SSSR count). The van der Waals surface area contributed by atoms with Crippen molar-refractivity contribution in [2.45, 2.75) is 19.9 Å². The van der Waals surface area contributed by atoms with Crippen molar-refractivity contribution in [3.63, 3.8) is 0 Å². The maximum absolute atomic E-state index is 10.9. The number of hydrogen-bond donors (Lipinski definition) is 2. The number of nitrogen functional groups attached to an aromatic ring is 1. The van der Waals surface area contributed by atoms with E-state index in [4.69, 9.17) is 15.6 Å². The highest BCUT2D eigenvalue weighted by molar-refractivity contribution is 5.89. The van der Waals surface area contributed by atoms with Crippen molar-refractivity contribution < 1.29 is 14.6 Å². The van der Waals surface area contributed by atoms with Crippen LogP contribution in [0.2, 0.25) is 0 Å². The Morgan fingerprint density at radius 1 is 1.53 bits per heavy atom. The minimum Gasteiger partial charge on any atom is -0.478 e. The van der Waals surface area contributed by atoms with Gasteiger partial charge >= 0.3 is 5.97 Å². The first kappa shape index (κ1) is 12.9. The van der Waals surface area contributed by atoms with E-state index in [2.05, 4.69) is 12.0 Å². The van der Waals surface area contributed by atoms with Gasteiger partial charge in [-0.15, -0.1) is 0 Å². The van der Waals surface area contributed by atoms with Gasteiger partial charge in [0.1, 0.15) is 0 Å². The van der Waals surface area contributed by atoms with E-state index >= 15 is 0 Å². The molecule has 0 fully saturated rings. The van der Waals surface area contributed by atoms with Crippen LogP contribution >= 0.6 is 0 Å². The second-order valence-electron chi connectivity index (χ2n) is 4.10. The quantitative estimate of drug-likeness (QED) is 0.806. The fourth-order valence-electron chi connectivity index (χ4n) is 1.63. The van der Waals surface area contributed by atoms with E-state index in [1.54, 1.807) is 17.1 Å². The number of aryl methyl sites for hydroxylation is 1. The van der Waals surface area contributed by atoms with Gasteiger partial charge in [0.05, 0.1) is 23.6 Å². The number of ether oxygens (including phenoxy) is 1. The van der Waals surface area contributed by atoms with Gasteiger partial charge in [0.15, 0.2) is 11.5 Å². The molecule has 0 aliphatic carbocycles. The van der Waals surface area contributed by atoms with E-state index in [0.717, 1.165) is 13.0 Å². The van der Waals surface area contributed by atoms with E-state index in [-0.39, 0.29) is 5.56 Å². The number of rotatable bonds is 5. The zero-order valence-corrected chi connectivity index (χ0v) is 10.5. The number of nitrogens with two attached hydrogens (primary N) is 1. The highest BCUT2D eigenvalue weighted by Crippen LogP contribution is 2.28. The van der Waals surface area contributed by atoms with Crippen LogP contribution in [0, 0.1) is 0 Å². The summed E-state index contributed by atoms with van der Waals surface area (Å²) in [5.74, 6) is -0.176. The highest BCUT2D eigenvalue weighted by atomic mass is 16.5. The van der Waals surface area contributed by atoms with Gasteiger partial charge in [-0.2, -0.15) is 5.10 Å². The molecule has 0 aliphatic heterocycles. The lowest BCUT2D eigenvalue weighted by Gasteiger charge is -2.07. The molecule has 0 unspecified atom stereocenters. The predicted octanol–water partition coefficient (Wildman–Crippen LogP) is 2.37. The molecule has 19 heavy (non-hydrogen) atoms. The first-order valence-electron chi connectivity index (χ1n) is 5.93. The maximum Gasteiger partial charge on any atom is 0.335 e. The molecule has 0 saturated heterocycles. The lowest BCUT2D eigenvalue weighted by molar-refractivity contribution is 0.0696. The molecule has 6 nitrogen and oxygen atoms in total. The van der Waals surface area contributed by atoms with Gasteiger partial charge in [0.25, 0.3) is 0 Å². The summed E-state index contributed by atoms with van der Waals surface area (Å²) in [6, 6.07) is 4.34. The van der Waals surface area contributed by atoms with Crippen LogP contribution in [-0.2, 0) is 6.54 Å². The zero-order valence-electron chi connectivity index (χ0n) is 10.5. The Labute approximate surface area is 110 Å². The van der Waals surface area contributed by atoms with Crippen molar-refractivity contribution in [2.24, 2.45) is 0 Å². The number of nitrogens with zero attached hydrogens (tertiary/aromatic N) is 2. The van der Waals surface area contributed by atoms with Crippen molar-refractivity contribution in [1.82, 2.24) is 9.78 Å². The molecule has 0 saturated carbocycles. The van der Waals surface area contributed by atoms with Crippen LogP contribution in [0.4, 0.5) is 5.69 Å². The Bertz CT molecular complexity index is 593. The third-order valence-corrected chi connectivity index (χ3v) is 2.55. The van der Waals surface area contributed by atoms with Gasteiger partial charge in [-0.1, -0.05) is 6.92 Å². The van der Waals surface area contributed by atoms with E-state index in [1.807, 2.05) is 0 Å². The molecular weight excluding hydrogens is 246 g/mol. The van der Waals surface area contributed by atoms with Crippen LogP contribution in [0.1, 0.15) is 23.7 Å². The van der Waals surface area contributed by atoms with Crippen LogP contribution in [0.5, 0.6) is 11.5 Å². The number of anilines is 1. The predicted molar refractivity (Wildman–Crippen MR) is 70.4 cm³/mol. The lowest BCUT2D eigenvalue weighted by Crippen LogP contribution is -1.99. The number of aromatic carboxylic acids is 1. The molecule has 0 aliphatic rings. The molecule has 0 spiro atoms. The summed E-state index contributed by atoms with van der Waals surface area (Å²) in [6.07, 6.45) is 4.29. The second-order valence-corrected chi connectivity index (χ2v) is 4.10. The fraction of sp³-hybridized carbons (Fsp3) is 0.231. The molecule has 0 amide bonds. The standard InChI is InChI=1S/C13H15N3O3/c1-2-5-16-8-10(7-15-16)19-12-6-9(13(17)18)3-4-11(12)14/h3-4,6-8H,2,5,14H2,1H3,(H,17,18). The number of benzene rings is 1. The number of aromatic nitrogens is 2. The summed E-state index contributed by atoms with van der Waals surface area (Å²) in [6.45, 7) is 2.85. The number of carboxylic acids is 1. The van der Waals surface area contributed by atoms with Crippen molar-refractivity contribution >= 4 is 11.7 Å². The minimum absolute atomic E-state index is 0.130. The summed E-state index contributed by atoms with van der Waals surface area (Å²) in [4.78, 5) is 10.9. The fourth-order valence-corrected chi connectivity index (χ4v) is 1.63. The summed E-state index contributed by atoms with van der Waals surface area (Å²) < 4.78 is 7.31. The zero-order chi connectivity index (χ0) is 13.8. The van der Waals surface area contributed by atoms with Gasteiger partial charge in [0, 0.05) is 6.54 Å². The summed E-state index contributed by atoms with van der Waals surface area (Å²) >= 11 is 0. The SMILES string of the molecule is CCCn1cc(Oc2cc(C(=O)O)ccc2N)cn1. The summed E-state index contributed by atoms with van der Waals surface area (Å²) in [5.41, 5.74) is 6.27. The minimum atomic E-state index is -1.02. The van der Waals surface area contributed by atoms with Crippen molar-refractivity contribution in [1.29, 1.82) is 0 Å². The monoisotopic (exact) mass is 261 g/mol. The number of carboxylic acid groups (broad SMARTS) is 1. The largest absolute Gasteiger partial charge is 0.478 e. The van der Waals surface area contributed by atoms with E-state index in [9.17, 15) is 4.79 Å². The van der Waals surface area contributed by atoms with E-state index in [0.29, 0.717) is 17.2 Å². The molecule has 1 heterocycles. The molecular formula is C13H15N3O3. The third kappa shape index (κ3) is 3.04. The van der Waals surface area contributed by atoms with Gasteiger partial charge in [-0.25, -0.2) is 4.79 Å². The van der Waals surface area contributed by atoms with Crippen molar-refractivity contribution in [3.8, 4) is 11.5 Å².